The summed E-state index contributed by atoms with van der Waals surface area (Å²) in [6, 6.07) is 20.2. The molecule has 1 heterocycles. The van der Waals surface area contributed by atoms with Gasteiger partial charge in [0.2, 0.25) is 0 Å². The lowest BCUT2D eigenvalue weighted by atomic mass is 9.69. The molecule has 0 radical (unpaired) electrons. The number of esters is 1. The van der Waals surface area contributed by atoms with Gasteiger partial charge < -0.3 is 29.0 Å². The van der Waals surface area contributed by atoms with Gasteiger partial charge in [-0.1, -0.05) is 42.5 Å². The fraction of sp³-hybridized carbons (Fsp3) is 0.310. The van der Waals surface area contributed by atoms with Crippen LogP contribution in [-0.2, 0) is 25.5 Å². The monoisotopic (exact) mass is 503 g/mol. The number of carbonyl (C=O) groups excluding carboxylic acids is 2. The van der Waals surface area contributed by atoms with Crippen molar-refractivity contribution < 1.29 is 33.3 Å². The largest absolute Gasteiger partial charge is 0.497 e. The van der Waals surface area contributed by atoms with E-state index >= 15 is 0 Å². The molecule has 1 N–H and O–H groups in total. The maximum atomic E-state index is 14.7. The summed E-state index contributed by atoms with van der Waals surface area (Å²) >= 11 is 0. The third-order valence-electron chi connectivity index (χ3n) is 7.63. The summed E-state index contributed by atoms with van der Waals surface area (Å²) in [4.78, 5) is 28.0. The smallest absolute Gasteiger partial charge is 0.317 e. The Morgan fingerprint density at radius 1 is 0.892 bits per heavy atom. The number of hydrogen-bond donors (Lipinski definition) is 1. The number of Topliss-reactive ketones (excluding diaryl/α,β-unsaturated/α-hetero) is 1. The van der Waals surface area contributed by atoms with Crippen molar-refractivity contribution in [2.45, 2.75) is 17.1 Å². The molecule has 1 aliphatic heterocycles. The van der Waals surface area contributed by atoms with Gasteiger partial charge in [-0.25, -0.2) is 0 Å². The lowest BCUT2D eigenvalue weighted by Crippen LogP contribution is -2.58. The zero-order valence-electron chi connectivity index (χ0n) is 21.4. The molecule has 0 unspecified atom stereocenters. The summed E-state index contributed by atoms with van der Waals surface area (Å²) in [6.45, 7) is 0. The third-order valence-corrected chi connectivity index (χ3v) is 7.63. The summed E-state index contributed by atoms with van der Waals surface area (Å²) in [7, 11) is 7.65. The van der Waals surface area contributed by atoms with Gasteiger partial charge in [0.25, 0.3) is 0 Å². The lowest BCUT2D eigenvalue weighted by molar-refractivity contribution is -0.149. The average molecular weight is 504 g/mol. The number of likely N-dealkylation sites (N-methyl/N-ethyl adjacent to an activating group) is 1. The second-order valence-electron chi connectivity index (χ2n) is 9.02. The Hall–Kier alpha value is -4.04. The fourth-order valence-electron chi connectivity index (χ4n) is 6.14. The van der Waals surface area contributed by atoms with Gasteiger partial charge in [-0.05, 0) is 30.3 Å². The van der Waals surface area contributed by atoms with Crippen LogP contribution in [0.2, 0.25) is 0 Å². The van der Waals surface area contributed by atoms with Crippen LogP contribution in [0.25, 0.3) is 0 Å². The molecule has 1 saturated carbocycles. The summed E-state index contributed by atoms with van der Waals surface area (Å²) in [5.74, 6) is -0.889. The summed E-state index contributed by atoms with van der Waals surface area (Å²) < 4.78 is 28.8. The van der Waals surface area contributed by atoms with Crippen molar-refractivity contribution in [3.8, 4) is 23.0 Å². The van der Waals surface area contributed by atoms with E-state index in [0.29, 0.717) is 34.1 Å². The number of carbonyl (C=O) groups is 2. The molecule has 0 bridgehead atoms. The average Bonchev–Trinajstić information content (AvgIpc) is 3.37. The molecule has 8 nitrogen and oxygen atoms in total. The van der Waals surface area contributed by atoms with E-state index < -0.39 is 28.9 Å². The molecule has 0 amide bonds. The SMILES string of the molecule is CN[C@@]12C(=O)[C@H](C(=O)OC)[C@@H](c3ccccc3)[C@]1(c1ccc(OC)cc1)Oc1cc(OC)cc(OC)c12. The van der Waals surface area contributed by atoms with Gasteiger partial charge in [0, 0.05) is 12.1 Å². The molecule has 1 fully saturated rings. The van der Waals surface area contributed by atoms with E-state index in [1.807, 2.05) is 54.6 Å². The molecule has 0 aromatic heterocycles. The summed E-state index contributed by atoms with van der Waals surface area (Å²) in [5, 5.41) is 3.30. The lowest BCUT2D eigenvalue weighted by Gasteiger charge is -2.42. The van der Waals surface area contributed by atoms with Crippen molar-refractivity contribution in [3.05, 3.63) is 83.4 Å². The van der Waals surface area contributed by atoms with Crippen LogP contribution in [0.5, 0.6) is 23.0 Å². The minimum absolute atomic E-state index is 0.367. The van der Waals surface area contributed by atoms with E-state index in [2.05, 4.69) is 5.32 Å². The molecular formula is C29H29NO7. The van der Waals surface area contributed by atoms with Crippen molar-refractivity contribution in [1.82, 2.24) is 5.32 Å². The number of hydrogen-bond acceptors (Lipinski definition) is 8. The van der Waals surface area contributed by atoms with Gasteiger partial charge in [0.15, 0.2) is 16.9 Å². The van der Waals surface area contributed by atoms with Gasteiger partial charge >= 0.3 is 5.97 Å². The standard InChI is InChI=1S/C29H29NO7/c1-30-28-25-21(35-4)15-20(34-3)16-22(25)37-29(28,18-11-13-19(33-2)14-12-18)24(17-9-7-6-8-10-17)23(26(28)31)27(32)36-5/h6-16,23-24,30H,1-5H3/t23-,24-,28+,29+/m1/s1. The number of fused-ring (bicyclic) bond motifs is 3. The normalized spacial score (nSPS) is 25.6. The van der Waals surface area contributed by atoms with E-state index in [0.717, 1.165) is 5.56 Å². The highest BCUT2D eigenvalue weighted by Crippen LogP contribution is 2.68. The number of nitrogens with one attached hydrogen (secondary N) is 1. The zero-order valence-corrected chi connectivity index (χ0v) is 21.4. The Bertz CT molecular complexity index is 1340. The molecule has 3 aromatic carbocycles. The van der Waals surface area contributed by atoms with Gasteiger partial charge in [0.05, 0.1) is 39.9 Å². The van der Waals surface area contributed by atoms with Crippen LogP contribution >= 0.6 is 0 Å². The van der Waals surface area contributed by atoms with E-state index in [1.54, 1.807) is 33.4 Å². The van der Waals surface area contributed by atoms with E-state index in [4.69, 9.17) is 23.7 Å². The second-order valence-corrected chi connectivity index (χ2v) is 9.02. The van der Waals surface area contributed by atoms with Gasteiger partial charge in [-0.15, -0.1) is 0 Å². The zero-order chi connectivity index (χ0) is 26.4. The predicted molar refractivity (Wildman–Crippen MR) is 135 cm³/mol. The third kappa shape index (κ3) is 3.18. The van der Waals surface area contributed by atoms with Crippen molar-refractivity contribution in [2.24, 2.45) is 5.92 Å². The Kier molecular flexibility index (Phi) is 6.07. The van der Waals surface area contributed by atoms with Crippen molar-refractivity contribution >= 4 is 11.8 Å². The molecule has 192 valence electrons. The Morgan fingerprint density at radius 3 is 2.14 bits per heavy atom. The molecule has 5 rings (SSSR count). The Morgan fingerprint density at radius 2 is 1.57 bits per heavy atom. The fourth-order valence-corrected chi connectivity index (χ4v) is 6.14. The molecule has 1 aliphatic carbocycles. The van der Waals surface area contributed by atoms with Gasteiger partial charge in [0.1, 0.15) is 28.9 Å². The first-order valence-electron chi connectivity index (χ1n) is 11.9. The minimum Gasteiger partial charge on any atom is -0.497 e. The van der Waals surface area contributed by atoms with E-state index in [9.17, 15) is 9.59 Å². The van der Waals surface area contributed by atoms with Crippen LogP contribution in [0.4, 0.5) is 0 Å². The first-order chi connectivity index (χ1) is 17.9. The van der Waals surface area contributed by atoms with Gasteiger partial charge in [-0.3, -0.25) is 9.59 Å². The Balaban J connectivity index is 1.92. The first kappa shape index (κ1) is 24.6. The molecule has 2 aliphatic rings. The molecule has 0 spiro atoms. The maximum Gasteiger partial charge on any atom is 0.317 e. The van der Waals surface area contributed by atoms with Gasteiger partial charge in [-0.2, -0.15) is 0 Å². The van der Waals surface area contributed by atoms with Crippen LogP contribution in [0.3, 0.4) is 0 Å². The molecular weight excluding hydrogens is 474 g/mol. The van der Waals surface area contributed by atoms with Crippen LogP contribution in [0.15, 0.2) is 66.7 Å². The van der Waals surface area contributed by atoms with E-state index in [-0.39, 0.29) is 5.78 Å². The highest BCUT2D eigenvalue weighted by molar-refractivity contribution is 6.10. The van der Waals surface area contributed by atoms with Crippen LogP contribution in [0.1, 0.15) is 22.6 Å². The van der Waals surface area contributed by atoms with Crippen LogP contribution in [-0.4, -0.2) is 47.2 Å². The number of benzene rings is 3. The van der Waals surface area contributed by atoms with E-state index in [1.165, 1.54) is 14.2 Å². The highest BCUT2D eigenvalue weighted by atomic mass is 16.5. The second kappa shape index (κ2) is 9.12. The van der Waals surface area contributed by atoms with Crippen molar-refractivity contribution in [1.29, 1.82) is 0 Å². The molecule has 8 heteroatoms. The molecule has 0 saturated heterocycles. The maximum absolute atomic E-state index is 14.7. The Labute approximate surface area is 215 Å². The van der Waals surface area contributed by atoms with Crippen molar-refractivity contribution in [3.63, 3.8) is 0 Å². The topological polar surface area (TPSA) is 92.3 Å². The molecule has 3 aromatic rings. The van der Waals surface area contributed by atoms with Crippen LogP contribution in [0, 0.1) is 5.92 Å². The number of rotatable bonds is 7. The predicted octanol–water partition coefficient (Wildman–Crippen LogP) is 3.57. The minimum atomic E-state index is -1.49. The summed E-state index contributed by atoms with van der Waals surface area (Å²) in [5.41, 5.74) is -0.917. The van der Waals surface area contributed by atoms with Crippen molar-refractivity contribution in [2.75, 3.05) is 35.5 Å². The molecule has 4 atom stereocenters. The molecule has 37 heavy (non-hydrogen) atoms. The number of methoxy groups -OCH3 is 4. The first-order valence-corrected chi connectivity index (χ1v) is 11.9. The quantitative estimate of drug-likeness (QED) is 0.387. The van der Waals surface area contributed by atoms with Crippen LogP contribution < -0.4 is 24.3 Å². The number of ether oxygens (including phenoxy) is 5. The summed E-state index contributed by atoms with van der Waals surface area (Å²) in [6.07, 6.45) is 0. The number of ketones is 1. The highest BCUT2D eigenvalue weighted by Gasteiger charge is 2.78.